The lowest BCUT2D eigenvalue weighted by Crippen LogP contribution is -2.39. The minimum absolute atomic E-state index is 0.323. The predicted octanol–water partition coefficient (Wildman–Crippen LogP) is 13.7. The highest BCUT2D eigenvalue weighted by Crippen LogP contribution is 2.20. The lowest BCUT2D eigenvalue weighted by Gasteiger charge is -2.29. The molecule has 0 radical (unpaired) electrons. The molecule has 0 fully saturated rings. The highest BCUT2D eigenvalue weighted by molar-refractivity contribution is 5.79. The Morgan fingerprint density at radius 3 is 1.17 bits per heavy atom. The van der Waals surface area contributed by atoms with Gasteiger partial charge in [0.2, 0.25) is 0 Å². The third-order valence-electron chi connectivity index (χ3n) is 9.59. The quantitative estimate of drug-likeness (QED) is 0.0378. The maximum atomic E-state index is 12.8. The summed E-state index contributed by atoms with van der Waals surface area (Å²) in [5.41, 5.74) is 0. The van der Waals surface area contributed by atoms with Gasteiger partial charge in [-0.15, -0.1) is 0 Å². The average Bonchev–Trinajstić information content (AvgIpc) is 3.03. The molecule has 0 aromatic rings. The Labute approximate surface area is 295 Å². The van der Waals surface area contributed by atoms with Crippen LogP contribution in [0.3, 0.4) is 0 Å². The number of carbonyl (C=O) groups excluding carboxylic acids is 2. The molecule has 0 amide bonds. The fraction of sp³-hybridized carbons (Fsp3) is 0.864. The molecule has 0 saturated carbocycles. The van der Waals surface area contributed by atoms with Crippen molar-refractivity contribution in [3.63, 3.8) is 0 Å². The largest absolute Gasteiger partial charge is 0.331 e. The number of hydrogen-bond donors (Lipinski definition) is 0. The van der Waals surface area contributed by atoms with Crippen LogP contribution in [0.4, 0.5) is 0 Å². The van der Waals surface area contributed by atoms with Gasteiger partial charge in [-0.25, -0.2) is 0 Å². The van der Waals surface area contributed by atoms with Crippen LogP contribution >= 0.6 is 0 Å². The molecule has 0 rings (SSSR count). The Balaban J connectivity index is 3.89. The number of rotatable bonds is 37. The lowest BCUT2D eigenvalue weighted by atomic mass is 9.92. The number of Topliss-reactive ketones (excluding diaryl/α,β-unsaturated/α-hetero) is 2. The highest BCUT2D eigenvalue weighted by atomic mass is 16.1. The number of carbonyl (C=O) groups is 2. The topological polar surface area (TPSA) is 34.1 Å². The van der Waals surface area contributed by atoms with Crippen molar-refractivity contribution in [2.24, 2.45) is 5.92 Å². The number of ketones is 2. The van der Waals surface area contributed by atoms with Gasteiger partial charge in [-0.3, -0.25) is 9.59 Å². The van der Waals surface area contributed by atoms with Crippen LogP contribution < -0.4 is 0 Å². The van der Waals surface area contributed by atoms with Crippen molar-refractivity contribution >= 4 is 11.6 Å². The van der Waals surface area contributed by atoms with E-state index < -0.39 is 0 Å². The van der Waals surface area contributed by atoms with Crippen molar-refractivity contribution in [1.29, 1.82) is 0 Å². The average molecular weight is 659 g/mol. The predicted molar refractivity (Wildman–Crippen MR) is 209 cm³/mol. The molecule has 0 N–H and O–H groups in total. The maximum absolute atomic E-state index is 12.8. The summed E-state index contributed by atoms with van der Waals surface area (Å²) >= 11 is 0. The van der Waals surface area contributed by atoms with Crippen molar-refractivity contribution in [2.75, 3.05) is 27.7 Å². The third-order valence-corrected chi connectivity index (χ3v) is 9.59. The molecule has 276 valence electrons. The molecule has 0 aliphatic carbocycles. The van der Waals surface area contributed by atoms with Gasteiger partial charge >= 0.3 is 0 Å². The summed E-state index contributed by atoms with van der Waals surface area (Å²) in [6.07, 6.45) is 46.5. The second kappa shape index (κ2) is 34.6. The zero-order valence-corrected chi connectivity index (χ0v) is 32.8. The first-order valence-electron chi connectivity index (χ1n) is 20.9. The monoisotopic (exact) mass is 659 g/mol. The van der Waals surface area contributed by atoms with Gasteiger partial charge in [0, 0.05) is 31.6 Å². The van der Waals surface area contributed by atoms with E-state index in [1.54, 1.807) is 0 Å². The van der Waals surface area contributed by atoms with E-state index in [-0.39, 0.29) is 0 Å². The molecule has 0 spiro atoms. The van der Waals surface area contributed by atoms with E-state index >= 15 is 0 Å². The molecule has 1 unspecified atom stereocenters. The Morgan fingerprint density at radius 2 is 0.787 bits per heavy atom. The molecule has 0 aliphatic rings. The van der Waals surface area contributed by atoms with Gasteiger partial charge in [0.05, 0.1) is 27.7 Å². The fourth-order valence-electron chi connectivity index (χ4n) is 6.73. The van der Waals surface area contributed by atoms with Crippen LogP contribution in [0.2, 0.25) is 0 Å². The first-order chi connectivity index (χ1) is 22.8. The van der Waals surface area contributed by atoms with Crippen molar-refractivity contribution in [3.8, 4) is 0 Å². The molecular formula is C44H84NO2+. The van der Waals surface area contributed by atoms with Gasteiger partial charge in [-0.05, 0) is 70.6 Å². The van der Waals surface area contributed by atoms with Crippen LogP contribution in [0.1, 0.15) is 213 Å². The van der Waals surface area contributed by atoms with E-state index in [1.165, 1.54) is 154 Å². The lowest BCUT2D eigenvalue weighted by molar-refractivity contribution is -0.873. The van der Waals surface area contributed by atoms with Crippen molar-refractivity contribution in [2.45, 2.75) is 213 Å². The second-order valence-electron chi connectivity index (χ2n) is 15.8. The summed E-state index contributed by atoms with van der Waals surface area (Å²) in [5, 5.41) is 0. The van der Waals surface area contributed by atoms with Gasteiger partial charge in [0.1, 0.15) is 11.6 Å². The van der Waals surface area contributed by atoms with Crippen LogP contribution in [0.15, 0.2) is 24.3 Å². The van der Waals surface area contributed by atoms with Crippen molar-refractivity contribution < 1.29 is 14.1 Å². The maximum Gasteiger partial charge on any atom is 0.133 e. The summed E-state index contributed by atoms with van der Waals surface area (Å²) in [6.45, 7) is 5.52. The van der Waals surface area contributed by atoms with Gasteiger partial charge in [-0.2, -0.15) is 0 Å². The van der Waals surface area contributed by atoms with E-state index in [4.69, 9.17) is 0 Å². The molecule has 0 saturated heterocycles. The first-order valence-corrected chi connectivity index (χ1v) is 20.9. The zero-order valence-electron chi connectivity index (χ0n) is 32.8. The molecule has 0 aromatic heterocycles. The van der Waals surface area contributed by atoms with Gasteiger partial charge in [0.25, 0.3) is 0 Å². The fourth-order valence-corrected chi connectivity index (χ4v) is 6.73. The smallest absolute Gasteiger partial charge is 0.133 e. The minimum Gasteiger partial charge on any atom is -0.331 e. The number of unbranched alkanes of at least 4 members (excludes halogenated alkanes) is 22. The zero-order chi connectivity index (χ0) is 34.7. The summed E-state index contributed by atoms with van der Waals surface area (Å²) in [4.78, 5) is 25.5. The highest BCUT2D eigenvalue weighted by Gasteiger charge is 2.22. The minimum atomic E-state index is 0.323. The van der Waals surface area contributed by atoms with Crippen molar-refractivity contribution in [3.05, 3.63) is 24.3 Å². The molecule has 47 heavy (non-hydrogen) atoms. The van der Waals surface area contributed by atoms with Gasteiger partial charge in [0.15, 0.2) is 0 Å². The Hall–Kier alpha value is -1.22. The summed E-state index contributed by atoms with van der Waals surface area (Å²) in [6, 6.07) is 0. The third kappa shape index (κ3) is 37.4. The summed E-state index contributed by atoms with van der Waals surface area (Å²) < 4.78 is 0.855. The van der Waals surface area contributed by atoms with E-state index in [0.717, 1.165) is 36.7 Å². The molecule has 3 nitrogen and oxygen atoms in total. The van der Waals surface area contributed by atoms with Crippen molar-refractivity contribution in [1.82, 2.24) is 0 Å². The Kier molecular flexibility index (Phi) is 33.7. The molecular weight excluding hydrogens is 574 g/mol. The van der Waals surface area contributed by atoms with E-state index in [9.17, 15) is 9.59 Å². The number of quaternary nitrogens is 1. The van der Waals surface area contributed by atoms with Crippen LogP contribution in [-0.2, 0) is 9.59 Å². The molecule has 0 aromatic carbocycles. The van der Waals surface area contributed by atoms with E-state index in [2.05, 4.69) is 59.3 Å². The Morgan fingerprint density at radius 1 is 0.447 bits per heavy atom. The molecule has 3 heteroatoms. The number of allylic oxidation sites excluding steroid dienone is 4. The van der Waals surface area contributed by atoms with E-state index in [0.29, 0.717) is 36.7 Å². The standard InChI is InChI=1S/C44H84NO2/c1-6-8-10-12-14-16-18-20-22-24-26-28-30-32-34-36-43(46)39-38-42(41-45(3,4)5)40-44(47)37-35-33-31-29-27-25-23-21-19-17-15-13-11-9-7-2/h20-23,42H,6-19,24-41H2,1-5H3/q+1/b22-20+,23-21+. The molecule has 0 heterocycles. The van der Waals surface area contributed by atoms with Crippen LogP contribution in [-0.4, -0.2) is 43.7 Å². The summed E-state index contributed by atoms with van der Waals surface area (Å²) in [5.74, 6) is 1.13. The molecule has 1 atom stereocenters. The SMILES string of the molecule is CCCCCCCC/C=C/CCCCCCCC(=O)CCC(CC(=O)CCCCCCC/C=C/CCCCCCCC)C[N+](C)(C)C. The van der Waals surface area contributed by atoms with Gasteiger partial charge in [-0.1, -0.05) is 141 Å². The molecule has 0 bridgehead atoms. The number of nitrogens with zero attached hydrogens (tertiary/aromatic N) is 1. The molecule has 0 aliphatic heterocycles. The second-order valence-corrected chi connectivity index (χ2v) is 15.8. The Bertz CT molecular complexity index is 746. The van der Waals surface area contributed by atoms with Crippen LogP contribution in [0.25, 0.3) is 0 Å². The summed E-state index contributed by atoms with van der Waals surface area (Å²) in [7, 11) is 6.61. The first kappa shape index (κ1) is 45.8. The van der Waals surface area contributed by atoms with E-state index in [1.807, 2.05) is 0 Å². The van der Waals surface area contributed by atoms with Crippen LogP contribution in [0, 0.1) is 5.92 Å². The van der Waals surface area contributed by atoms with Gasteiger partial charge < -0.3 is 4.48 Å². The normalized spacial score (nSPS) is 12.9. The van der Waals surface area contributed by atoms with Crippen LogP contribution in [0.5, 0.6) is 0 Å². The number of hydrogen-bond acceptors (Lipinski definition) is 2.